The lowest BCUT2D eigenvalue weighted by Gasteiger charge is -2.13. The van der Waals surface area contributed by atoms with Gasteiger partial charge in [-0.15, -0.1) is 0 Å². The Morgan fingerprint density at radius 2 is 2.09 bits per heavy atom. The van der Waals surface area contributed by atoms with E-state index in [2.05, 4.69) is 18.7 Å². The number of likely N-dealkylation sites (tertiary alicyclic amines) is 1. The Bertz CT molecular complexity index is 709. The van der Waals surface area contributed by atoms with Gasteiger partial charge in [-0.3, -0.25) is 4.90 Å². The molecule has 1 aliphatic heterocycles. The Hall–Kier alpha value is -1.85. The second-order valence-corrected chi connectivity index (χ2v) is 6.37. The van der Waals surface area contributed by atoms with Gasteiger partial charge in [0.15, 0.2) is 0 Å². The summed E-state index contributed by atoms with van der Waals surface area (Å²) < 4.78 is 11.3. The first-order valence-electron chi connectivity index (χ1n) is 8.08. The molecular formula is C18H25N3O2. The molecule has 0 radical (unpaired) electrons. The van der Waals surface area contributed by atoms with Crippen molar-refractivity contribution < 1.29 is 9.15 Å². The third-order valence-corrected chi connectivity index (χ3v) is 4.76. The van der Waals surface area contributed by atoms with E-state index in [0.29, 0.717) is 5.89 Å². The second-order valence-electron chi connectivity index (χ2n) is 6.37. The number of oxazole rings is 1. The van der Waals surface area contributed by atoms with E-state index in [-0.39, 0.29) is 6.04 Å². The summed E-state index contributed by atoms with van der Waals surface area (Å²) in [5, 5.41) is 0. The highest BCUT2D eigenvalue weighted by atomic mass is 16.5. The molecule has 1 atom stereocenters. The highest BCUT2D eigenvalue weighted by Gasteiger charge is 2.22. The largest absolute Gasteiger partial charge is 0.496 e. The molecule has 2 N–H and O–H groups in total. The molecule has 1 saturated heterocycles. The fourth-order valence-corrected chi connectivity index (χ4v) is 3.16. The van der Waals surface area contributed by atoms with Gasteiger partial charge in [-0.1, -0.05) is 0 Å². The fraction of sp³-hybridized carbons (Fsp3) is 0.500. The summed E-state index contributed by atoms with van der Waals surface area (Å²) in [5.41, 5.74) is 10.3. The molecule has 5 heteroatoms. The molecule has 0 aliphatic carbocycles. The topological polar surface area (TPSA) is 64.5 Å². The van der Waals surface area contributed by atoms with Crippen LogP contribution in [-0.4, -0.2) is 36.1 Å². The van der Waals surface area contributed by atoms with E-state index in [4.69, 9.17) is 19.9 Å². The Balaban J connectivity index is 1.87. The standard InChI is InChI=1S/C18H25N3O2/c1-11-12(2)17(22-4)6-5-15(11)18-20-16(13(3)23-18)10-21-8-7-14(19)9-21/h5-6,14H,7-10,19H2,1-4H3/t14-/m1/s1. The second kappa shape index (κ2) is 6.34. The van der Waals surface area contributed by atoms with Crippen molar-refractivity contribution in [2.24, 2.45) is 5.73 Å². The number of aromatic nitrogens is 1. The van der Waals surface area contributed by atoms with Gasteiger partial charge in [0.05, 0.1) is 12.8 Å². The lowest BCUT2D eigenvalue weighted by Crippen LogP contribution is -2.26. The first-order chi connectivity index (χ1) is 11.0. The van der Waals surface area contributed by atoms with Gasteiger partial charge >= 0.3 is 0 Å². The molecule has 3 rings (SSSR count). The van der Waals surface area contributed by atoms with Crippen molar-refractivity contribution in [3.05, 3.63) is 34.7 Å². The van der Waals surface area contributed by atoms with Crippen molar-refractivity contribution in [2.75, 3.05) is 20.2 Å². The molecule has 1 aromatic carbocycles. The van der Waals surface area contributed by atoms with Crippen molar-refractivity contribution in [3.8, 4) is 17.2 Å². The minimum absolute atomic E-state index is 0.285. The zero-order valence-corrected chi connectivity index (χ0v) is 14.3. The van der Waals surface area contributed by atoms with Crippen molar-refractivity contribution in [1.29, 1.82) is 0 Å². The van der Waals surface area contributed by atoms with Crippen molar-refractivity contribution >= 4 is 0 Å². The monoisotopic (exact) mass is 315 g/mol. The number of aryl methyl sites for hydroxylation is 1. The predicted octanol–water partition coefficient (Wildman–Crippen LogP) is 2.81. The summed E-state index contributed by atoms with van der Waals surface area (Å²) in [4.78, 5) is 7.07. The van der Waals surface area contributed by atoms with E-state index in [0.717, 1.165) is 59.9 Å². The maximum absolute atomic E-state index is 5.98. The first-order valence-corrected chi connectivity index (χ1v) is 8.08. The molecule has 0 unspecified atom stereocenters. The summed E-state index contributed by atoms with van der Waals surface area (Å²) >= 11 is 0. The zero-order valence-electron chi connectivity index (χ0n) is 14.3. The molecule has 0 amide bonds. The molecule has 5 nitrogen and oxygen atoms in total. The SMILES string of the molecule is COc1ccc(-c2nc(CN3CC[C@@H](N)C3)c(C)o2)c(C)c1C. The average molecular weight is 315 g/mol. The summed E-state index contributed by atoms with van der Waals surface area (Å²) in [5.74, 6) is 2.46. The molecule has 0 saturated carbocycles. The first kappa shape index (κ1) is 16.0. The number of hydrogen-bond acceptors (Lipinski definition) is 5. The van der Waals surface area contributed by atoms with Gasteiger partial charge in [0.25, 0.3) is 0 Å². The fourth-order valence-electron chi connectivity index (χ4n) is 3.16. The third-order valence-electron chi connectivity index (χ3n) is 4.76. The smallest absolute Gasteiger partial charge is 0.226 e. The maximum Gasteiger partial charge on any atom is 0.226 e. The maximum atomic E-state index is 5.98. The quantitative estimate of drug-likeness (QED) is 0.940. The molecule has 0 bridgehead atoms. The predicted molar refractivity (Wildman–Crippen MR) is 90.6 cm³/mol. The van der Waals surface area contributed by atoms with Gasteiger partial charge in [-0.2, -0.15) is 0 Å². The van der Waals surface area contributed by atoms with Crippen molar-refractivity contribution in [1.82, 2.24) is 9.88 Å². The van der Waals surface area contributed by atoms with Gasteiger partial charge in [0.2, 0.25) is 5.89 Å². The number of nitrogens with zero attached hydrogens (tertiary/aromatic N) is 2. The van der Waals surface area contributed by atoms with E-state index >= 15 is 0 Å². The van der Waals surface area contributed by atoms with Crippen LogP contribution in [0.4, 0.5) is 0 Å². The number of ether oxygens (including phenoxy) is 1. The Kier molecular flexibility index (Phi) is 4.41. The number of hydrogen-bond donors (Lipinski definition) is 1. The van der Waals surface area contributed by atoms with Crippen LogP contribution in [0.5, 0.6) is 5.75 Å². The Labute approximate surface area is 137 Å². The summed E-state index contributed by atoms with van der Waals surface area (Å²) in [6, 6.07) is 4.27. The van der Waals surface area contributed by atoms with Crippen LogP contribution in [0.25, 0.3) is 11.5 Å². The molecular weight excluding hydrogens is 290 g/mol. The Morgan fingerprint density at radius 1 is 1.30 bits per heavy atom. The number of methoxy groups -OCH3 is 1. The third kappa shape index (κ3) is 3.12. The minimum Gasteiger partial charge on any atom is -0.496 e. The molecule has 1 aromatic heterocycles. The van der Waals surface area contributed by atoms with E-state index in [1.165, 1.54) is 0 Å². The van der Waals surface area contributed by atoms with E-state index in [1.54, 1.807) is 7.11 Å². The number of nitrogens with two attached hydrogens (primary N) is 1. The highest BCUT2D eigenvalue weighted by molar-refractivity contribution is 5.63. The van der Waals surface area contributed by atoms with Gasteiger partial charge < -0.3 is 14.9 Å². The van der Waals surface area contributed by atoms with Crippen LogP contribution in [0.3, 0.4) is 0 Å². The van der Waals surface area contributed by atoms with Crippen molar-refractivity contribution in [3.63, 3.8) is 0 Å². The highest BCUT2D eigenvalue weighted by Crippen LogP contribution is 2.31. The summed E-state index contributed by atoms with van der Waals surface area (Å²) in [6.07, 6.45) is 1.06. The molecule has 2 aromatic rings. The van der Waals surface area contributed by atoms with Crippen LogP contribution in [0.15, 0.2) is 16.5 Å². The van der Waals surface area contributed by atoms with Gasteiger partial charge in [0.1, 0.15) is 11.5 Å². The van der Waals surface area contributed by atoms with Gasteiger partial charge in [-0.25, -0.2) is 4.98 Å². The molecule has 1 fully saturated rings. The summed E-state index contributed by atoms with van der Waals surface area (Å²) in [6.45, 7) is 8.88. The van der Waals surface area contributed by atoms with Crippen molar-refractivity contribution in [2.45, 2.75) is 39.8 Å². The molecule has 0 spiro atoms. The number of benzene rings is 1. The summed E-state index contributed by atoms with van der Waals surface area (Å²) in [7, 11) is 1.69. The lowest BCUT2D eigenvalue weighted by atomic mass is 10.0. The van der Waals surface area contributed by atoms with E-state index in [9.17, 15) is 0 Å². The van der Waals surface area contributed by atoms with Crippen LogP contribution in [0.2, 0.25) is 0 Å². The van der Waals surface area contributed by atoms with E-state index in [1.807, 2.05) is 19.1 Å². The van der Waals surface area contributed by atoms with Gasteiger partial charge in [-0.05, 0) is 50.5 Å². The van der Waals surface area contributed by atoms with E-state index < -0.39 is 0 Å². The van der Waals surface area contributed by atoms with Crippen LogP contribution in [0.1, 0.15) is 29.0 Å². The normalized spacial score (nSPS) is 18.6. The lowest BCUT2D eigenvalue weighted by molar-refractivity contribution is 0.321. The van der Waals surface area contributed by atoms with Crippen LogP contribution in [0, 0.1) is 20.8 Å². The van der Waals surface area contributed by atoms with Crippen LogP contribution >= 0.6 is 0 Å². The number of rotatable bonds is 4. The molecule has 124 valence electrons. The van der Waals surface area contributed by atoms with Crippen LogP contribution < -0.4 is 10.5 Å². The molecule has 2 heterocycles. The Morgan fingerprint density at radius 3 is 2.74 bits per heavy atom. The molecule has 23 heavy (non-hydrogen) atoms. The van der Waals surface area contributed by atoms with Gasteiger partial charge in [0, 0.05) is 31.2 Å². The average Bonchev–Trinajstić information content (AvgIpc) is 3.09. The zero-order chi connectivity index (χ0) is 16.6. The molecule has 1 aliphatic rings. The van der Waals surface area contributed by atoms with Crippen LogP contribution in [-0.2, 0) is 6.54 Å². The minimum atomic E-state index is 0.285.